The van der Waals surface area contributed by atoms with E-state index in [0.717, 1.165) is 43.3 Å². The number of aromatic nitrogens is 2. The fourth-order valence-electron chi connectivity index (χ4n) is 5.96. The van der Waals surface area contributed by atoms with Crippen molar-refractivity contribution in [3.63, 3.8) is 0 Å². The van der Waals surface area contributed by atoms with Crippen molar-refractivity contribution in [3.8, 4) is 11.1 Å². The van der Waals surface area contributed by atoms with Gasteiger partial charge in [-0.15, -0.1) is 0 Å². The molecule has 3 heterocycles. The first-order valence-corrected chi connectivity index (χ1v) is 16.9. The Bertz CT molecular complexity index is 1370. The first-order valence-electron chi connectivity index (χ1n) is 15.4. The Morgan fingerprint density at radius 2 is 1.69 bits per heavy atom. The maximum Gasteiger partial charge on any atom is 0.271 e. The number of amides is 1. The van der Waals surface area contributed by atoms with E-state index in [4.69, 9.17) is 9.47 Å². The number of unbranched alkanes of at least 4 members (excludes halogenated alkanes) is 7. The third kappa shape index (κ3) is 7.33. The minimum Gasteiger partial charge on any atom is -0.351 e. The van der Waals surface area contributed by atoms with Gasteiger partial charge in [0, 0.05) is 31.0 Å². The molecule has 1 aliphatic heterocycles. The Labute approximate surface area is 261 Å². The molecule has 0 radical (unpaired) electrons. The quantitative estimate of drug-likeness (QED) is 0.0656. The maximum absolute atomic E-state index is 14.3. The second-order valence-corrected chi connectivity index (χ2v) is 13.1. The SMILES string of the molecule is CC(C)(OCCCCCCCCCCI)OCC1Cn2c(c(-c3ccc(F)c(F)c3)c3ncccc32)C(=O)N1C1CC1. The Kier molecular flexibility index (Phi) is 10.5. The van der Waals surface area contributed by atoms with Crippen molar-refractivity contribution in [2.45, 2.75) is 102 Å². The van der Waals surface area contributed by atoms with Gasteiger partial charge in [-0.3, -0.25) is 9.78 Å². The minimum atomic E-state index is -0.950. The molecule has 42 heavy (non-hydrogen) atoms. The van der Waals surface area contributed by atoms with E-state index in [1.165, 1.54) is 49.0 Å². The van der Waals surface area contributed by atoms with Crippen molar-refractivity contribution < 1.29 is 23.0 Å². The molecule has 6 nitrogen and oxygen atoms in total. The smallest absolute Gasteiger partial charge is 0.271 e. The van der Waals surface area contributed by atoms with Crippen LogP contribution in [0.3, 0.4) is 0 Å². The lowest BCUT2D eigenvalue weighted by atomic mass is 10.0. The number of benzene rings is 1. The largest absolute Gasteiger partial charge is 0.351 e. The molecule has 5 rings (SSSR count). The molecule has 9 heteroatoms. The zero-order valence-electron chi connectivity index (χ0n) is 24.7. The topological polar surface area (TPSA) is 56.6 Å². The molecule has 0 N–H and O–H groups in total. The Balaban J connectivity index is 1.25. The molecule has 1 saturated carbocycles. The van der Waals surface area contributed by atoms with E-state index in [1.807, 2.05) is 35.4 Å². The second-order valence-electron chi connectivity index (χ2n) is 12.0. The summed E-state index contributed by atoms with van der Waals surface area (Å²) in [7, 11) is 0. The Hall–Kier alpha value is -2.11. The average Bonchev–Trinajstić information content (AvgIpc) is 3.75. The van der Waals surface area contributed by atoms with E-state index in [-0.39, 0.29) is 18.0 Å². The molecule has 2 aliphatic rings. The maximum atomic E-state index is 14.3. The number of hydrogen-bond donors (Lipinski definition) is 0. The summed E-state index contributed by atoms with van der Waals surface area (Å²) in [6.45, 7) is 5.39. The van der Waals surface area contributed by atoms with Gasteiger partial charge in [0.2, 0.25) is 0 Å². The number of alkyl halides is 1. The molecule has 1 atom stereocenters. The molecular formula is C33H42F2IN3O3. The number of pyridine rings is 1. The van der Waals surface area contributed by atoms with Gasteiger partial charge in [0.15, 0.2) is 17.4 Å². The van der Waals surface area contributed by atoms with Crippen molar-refractivity contribution in [1.29, 1.82) is 0 Å². The number of carbonyl (C=O) groups excluding carboxylic acids is 1. The van der Waals surface area contributed by atoms with Crippen LogP contribution in [0.2, 0.25) is 0 Å². The Morgan fingerprint density at radius 1 is 0.976 bits per heavy atom. The van der Waals surface area contributed by atoms with Crippen LogP contribution in [0.5, 0.6) is 0 Å². The standard InChI is InChI=1S/C33H42F2IN3O3/c1-33(2,41-19-10-8-6-4-3-5-7-9-17-36)42-22-25-21-38-28-12-11-18-37-30(28)29(23-13-16-26(34)27(35)20-23)31(38)32(40)39(25)24-14-15-24/h11-13,16,18,20,24-25H,3-10,14-15,17,19,21-22H2,1-2H3. The molecule has 0 spiro atoms. The fraction of sp³-hybridized carbons (Fsp3) is 0.576. The zero-order chi connectivity index (χ0) is 29.7. The third-order valence-electron chi connectivity index (χ3n) is 8.29. The molecule has 1 fully saturated rings. The minimum absolute atomic E-state index is 0.122. The lowest BCUT2D eigenvalue weighted by Crippen LogP contribution is -2.52. The van der Waals surface area contributed by atoms with Crippen molar-refractivity contribution in [2.24, 2.45) is 0 Å². The predicted octanol–water partition coefficient (Wildman–Crippen LogP) is 8.29. The van der Waals surface area contributed by atoms with Gasteiger partial charge in [-0.05, 0) is 73.8 Å². The van der Waals surface area contributed by atoms with Gasteiger partial charge in [-0.1, -0.05) is 67.2 Å². The van der Waals surface area contributed by atoms with Crippen LogP contribution in [0.25, 0.3) is 22.2 Å². The fourth-order valence-corrected chi connectivity index (χ4v) is 6.50. The highest BCUT2D eigenvalue weighted by Crippen LogP contribution is 2.41. The highest BCUT2D eigenvalue weighted by atomic mass is 127. The summed E-state index contributed by atoms with van der Waals surface area (Å²) in [5, 5.41) is 0. The second kappa shape index (κ2) is 14.1. The number of fused-ring (bicyclic) bond motifs is 3. The molecule has 2 aromatic heterocycles. The molecular weight excluding hydrogens is 651 g/mol. The van der Waals surface area contributed by atoms with Gasteiger partial charge < -0.3 is 18.9 Å². The van der Waals surface area contributed by atoms with Crippen LogP contribution in [-0.4, -0.2) is 55.9 Å². The van der Waals surface area contributed by atoms with Crippen molar-refractivity contribution in [2.75, 3.05) is 17.6 Å². The first kappa shape index (κ1) is 31.3. The van der Waals surface area contributed by atoms with Crippen molar-refractivity contribution in [1.82, 2.24) is 14.5 Å². The van der Waals surface area contributed by atoms with Crippen LogP contribution in [0, 0.1) is 11.6 Å². The lowest BCUT2D eigenvalue weighted by molar-refractivity contribution is -0.220. The van der Waals surface area contributed by atoms with Gasteiger partial charge >= 0.3 is 0 Å². The van der Waals surface area contributed by atoms with E-state index in [2.05, 4.69) is 27.6 Å². The zero-order valence-corrected chi connectivity index (χ0v) is 26.9. The van der Waals surface area contributed by atoms with E-state index in [0.29, 0.717) is 42.1 Å². The first-order chi connectivity index (χ1) is 20.3. The summed E-state index contributed by atoms with van der Waals surface area (Å²) in [6, 6.07) is 7.48. The number of rotatable bonds is 16. The van der Waals surface area contributed by atoms with E-state index in [9.17, 15) is 13.6 Å². The van der Waals surface area contributed by atoms with E-state index in [1.54, 1.807) is 6.20 Å². The van der Waals surface area contributed by atoms with Crippen molar-refractivity contribution in [3.05, 3.63) is 53.9 Å². The summed E-state index contributed by atoms with van der Waals surface area (Å²) in [6.07, 6.45) is 13.6. The van der Waals surface area contributed by atoms with Crippen molar-refractivity contribution >= 4 is 39.5 Å². The molecule has 1 aromatic carbocycles. The van der Waals surface area contributed by atoms with E-state index >= 15 is 0 Å². The molecule has 3 aromatic rings. The van der Waals surface area contributed by atoms with E-state index < -0.39 is 17.4 Å². The molecule has 1 aliphatic carbocycles. The monoisotopic (exact) mass is 693 g/mol. The number of carbonyl (C=O) groups is 1. The molecule has 1 amide bonds. The number of halogens is 3. The molecule has 0 saturated heterocycles. The van der Waals surface area contributed by atoms with Gasteiger partial charge in [0.1, 0.15) is 5.69 Å². The van der Waals surface area contributed by atoms with Gasteiger partial charge in [-0.25, -0.2) is 8.78 Å². The number of ether oxygens (including phenoxy) is 2. The Morgan fingerprint density at radius 3 is 2.38 bits per heavy atom. The molecule has 1 unspecified atom stereocenters. The highest BCUT2D eigenvalue weighted by molar-refractivity contribution is 14.1. The van der Waals surface area contributed by atoms with Gasteiger partial charge in [0.25, 0.3) is 5.91 Å². The van der Waals surface area contributed by atoms with Crippen LogP contribution < -0.4 is 0 Å². The van der Waals surface area contributed by atoms with Crippen LogP contribution in [0.15, 0.2) is 36.5 Å². The summed E-state index contributed by atoms with van der Waals surface area (Å²) in [4.78, 5) is 20.6. The third-order valence-corrected chi connectivity index (χ3v) is 9.06. The van der Waals surface area contributed by atoms with Crippen LogP contribution in [0.1, 0.15) is 88.5 Å². The molecule has 0 bridgehead atoms. The summed E-state index contributed by atoms with van der Waals surface area (Å²) >= 11 is 2.45. The summed E-state index contributed by atoms with van der Waals surface area (Å²) in [5.74, 6) is -2.76. The number of nitrogens with zero attached hydrogens (tertiary/aromatic N) is 3. The van der Waals surface area contributed by atoms with Gasteiger partial charge in [0.05, 0.1) is 23.7 Å². The van der Waals surface area contributed by atoms with Crippen LogP contribution in [-0.2, 0) is 16.0 Å². The predicted molar refractivity (Wildman–Crippen MR) is 170 cm³/mol. The normalized spacial score (nSPS) is 17.3. The average molecular weight is 694 g/mol. The number of hydrogen-bond acceptors (Lipinski definition) is 4. The van der Waals surface area contributed by atoms with Crippen LogP contribution >= 0.6 is 22.6 Å². The lowest BCUT2D eigenvalue weighted by Gasteiger charge is -2.39. The highest BCUT2D eigenvalue weighted by Gasteiger charge is 2.44. The summed E-state index contributed by atoms with van der Waals surface area (Å²) in [5.41, 5.74) is 2.85. The summed E-state index contributed by atoms with van der Waals surface area (Å²) < 4.78 is 43.7. The van der Waals surface area contributed by atoms with Gasteiger partial charge in [-0.2, -0.15) is 0 Å². The molecule has 228 valence electrons. The van der Waals surface area contributed by atoms with Crippen LogP contribution in [0.4, 0.5) is 8.78 Å².